The van der Waals surface area contributed by atoms with E-state index in [-0.39, 0.29) is 6.10 Å². The normalized spacial score (nSPS) is 25.8. The highest BCUT2D eigenvalue weighted by atomic mass is 16.3. The lowest BCUT2D eigenvalue weighted by atomic mass is 9.84. The average Bonchev–Trinajstić information content (AvgIpc) is 2.27. The number of hydrogen-bond donors (Lipinski definition) is 2. The first-order chi connectivity index (χ1) is 8.09. The highest BCUT2D eigenvalue weighted by Gasteiger charge is 2.28. The van der Waals surface area contributed by atoms with Gasteiger partial charge in [0.1, 0.15) is 0 Å². The molecule has 0 aromatic carbocycles. The molecule has 0 aliphatic carbocycles. The molecule has 0 aromatic rings. The highest BCUT2D eigenvalue weighted by molar-refractivity contribution is 4.83. The van der Waals surface area contributed by atoms with Gasteiger partial charge in [0.25, 0.3) is 0 Å². The molecule has 1 fully saturated rings. The molecule has 102 valence electrons. The minimum absolute atomic E-state index is 0.103. The Morgan fingerprint density at radius 1 is 1.41 bits per heavy atom. The molecule has 0 radical (unpaired) electrons. The third kappa shape index (κ3) is 5.36. The van der Waals surface area contributed by atoms with Crippen LogP contribution in [0, 0.1) is 5.41 Å². The van der Waals surface area contributed by atoms with Gasteiger partial charge in [-0.05, 0) is 37.8 Å². The molecule has 0 spiro atoms. The van der Waals surface area contributed by atoms with Crippen molar-refractivity contribution in [1.82, 2.24) is 10.2 Å². The van der Waals surface area contributed by atoms with Crippen LogP contribution in [0.5, 0.6) is 0 Å². The summed E-state index contributed by atoms with van der Waals surface area (Å²) in [5.74, 6) is 0. The Labute approximate surface area is 107 Å². The van der Waals surface area contributed by atoms with E-state index in [2.05, 4.69) is 31.0 Å². The van der Waals surface area contributed by atoms with Crippen LogP contribution in [-0.2, 0) is 0 Å². The van der Waals surface area contributed by atoms with Crippen molar-refractivity contribution < 1.29 is 5.11 Å². The van der Waals surface area contributed by atoms with Crippen LogP contribution in [0.1, 0.15) is 46.5 Å². The van der Waals surface area contributed by atoms with Crippen molar-refractivity contribution in [2.45, 2.75) is 52.6 Å². The van der Waals surface area contributed by atoms with E-state index in [0.29, 0.717) is 5.41 Å². The molecule has 0 aromatic heterocycles. The summed E-state index contributed by atoms with van der Waals surface area (Å²) >= 11 is 0. The van der Waals surface area contributed by atoms with E-state index >= 15 is 0 Å². The second-order valence-electron chi connectivity index (χ2n) is 5.87. The monoisotopic (exact) mass is 242 g/mol. The number of rotatable bonds is 7. The van der Waals surface area contributed by atoms with E-state index in [9.17, 15) is 5.11 Å². The first-order valence-electron chi connectivity index (χ1n) is 7.21. The molecule has 1 saturated heterocycles. The Bertz CT molecular complexity index is 210. The number of aliphatic hydroxyl groups is 1. The summed E-state index contributed by atoms with van der Waals surface area (Å²) in [5.41, 5.74) is 0.349. The maximum Gasteiger partial charge on any atom is 0.0667 e. The number of nitrogens with one attached hydrogen (secondary N) is 1. The average molecular weight is 242 g/mol. The number of β-amino-alcohol motifs (C(OH)–C–C–N with tert-alkyl or cyclic N) is 1. The molecule has 3 nitrogen and oxygen atoms in total. The standard InChI is InChI=1S/C14H30N2O/c1-4-8-14(3,11-15-5-2)12-16-9-6-7-13(17)10-16/h13,15,17H,4-12H2,1-3H3. The number of hydrogen-bond acceptors (Lipinski definition) is 3. The van der Waals surface area contributed by atoms with Crippen molar-refractivity contribution in [3.05, 3.63) is 0 Å². The van der Waals surface area contributed by atoms with Crippen LogP contribution in [0.15, 0.2) is 0 Å². The number of aliphatic hydroxyl groups excluding tert-OH is 1. The lowest BCUT2D eigenvalue weighted by molar-refractivity contribution is 0.0445. The van der Waals surface area contributed by atoms with Crippen LogP contribution >= 0.6 is 0 Å². The van der Waals surface area contributed by atoms with Gasteiger partial charge in [0.2, 0.25) is 0 Å². The van der Waals surface area contributed by atoms with Crippen LogP contribution in [0.2, 0.25) is 0 Å². The molecule has 0 bridgehead atoms. The second kappa shape index (κ2) is 7.34. The lowest BCUT2D eigenvalue weighted by Gasteiger charge is -2.38. The Morgan fingerprint density at radius 2 is 2.18 bits per heavy atom. The molecule has 2 N–H and O–H groups in total. The molecule has 1 rings (SSSR count). The van der Waals surface area contributed by atoms with Crippen LogP contribution in [0.4, 0.5) is 0 Å². The van der Waals surface area contributed by atoms with Gasteiger partial charge in [-0.15, -0.1) is 0 Å². The molecule has 1 aliphatic rings. The fourth-order valence-electron chi connectivity index (χ4n) is 2.97. The molecule has 3 heteroatoms. The van der Waals surface area contributed by atoms with Crippen LogP contribution < -0.4 is 5.32 Å². The molecule has 1 aliphatic heterocycles. The predicted molar refractivity (Wildman–Crippen MR) is 73.2 cm³/mol. The maximum atomic E-state index is 9.73. The predicted octanol–water partition coefficient (Wildman–Crippen LogP) is 1.86. The highest BCUT2D eigenvalue weighted by Crippen LogP contribution is 2.25. The van der Waals surface area contributed by atoms with E-state index in [4.69, 9.17) is 0 Å². The maximum absolute atomic E-state index is 9.73. The summed E-state index contributed by atoms with van der Waals surface area (Å²) in [4.78, 5) is 2.45. The largest absolute Gasteiger partial charge is 0.392 e. The van der Waals surface area contributed by atoms with E-state index in [1.807, 2.05) is 0 Å². The number of likely N-dealkylation sites (tertiary alicyclic amines) is 1. The van der Waals surface area contributed by atoms with Crippen molar-refractivity contribution in [2.24, 2.45) is 5.41 Å². The Kier molecular flexibility index (Phi) is 6.45. The van der Waals surface area contributed by atoms with Crippen LogP contribution in [0.25, 0.3) is 0 Å². The van der Waals surface area contributed by atoms with Gasteiger partial charge in [0.05, 0.1) is 6.10 Å². The zero-order valence-corrected chi connectivity index (χ0v) is 11.8. The third-order valence-corrected chi connectivity index (χ3v) is 3.74. The van der Waals surface area contributed by atoms with Gasteiger partial charge in [-0.2, -0.15) is 0 Å². The van der Waals surface area contributed by atoms with Gasteiger partial charge in [0, 0.05) is 19.6 Å². The summed E-state index contributed by atoms with van der Waals surface area (Å²) < 4.78 is 0. The summed E-state index contributed by atoms with van der Waals surface area (Å²) in [6.45, 7) is 12.1. The number of nitrogens with zero attached hydrogens (tertiary/aromatic N) is 1. The Balaban J connectivity index is 2.46. The minimum atomic E-state index is -0.103. The first-order valence-corrected chi connectivity index (χ1v) is 7.21. The van der Waals surface area contributed by atoms with Gasteiger partial charge in [-0.25, -0.2) is 0 Å². The Hall–Kier alpha value is -0.120. The third-order valence-electron chi connectivity index (χ3n) is 3.74. The first kappa shape index (κ1) is 14.9. The fourth-order valence-corrected chi connectivity index (χ4v) is 2.97. The topological polar surface area (TPSA) is 35.5 Å². The van der Waals surface area contributed by atoms with Crippen molar-refractivity contribution in [1.29, 1.82) is 0 Å². The molecule has 0 saturated carbocycles. The van der Waals surface area contributed by atoms with Gasteiger partial charge in [-0.3, -0.25) is 0 Å². The van der Waals surface area contributed by atoms with Gasteiger partial charge < -0.3 is 15.3 Å². The van der Waals surface area contributed by atoms with Gasteiger partial charge >= 0.3 is 0 Å². The van der Waals surface area contributed by atoms with E-state index < -0.39 is 0 Å². The van der Waals surface area contributed by atoms with E-state index in [0.717, 1.165) is 45.6 Å². The smallest absolute Gasteiger partial charge is 0.0667 e. The summed E-state index contributed by atoms with van der Waals surface area (Å²) in [6, 6.07) is 0. The van der Waals surface area contributed by atoms with Crippen molar-refractivity contribution >= 4 is 0 Å². The zero-order chi connectivity index (χ0) is 12.7. The number of piperidine rings is 1. The minimum Gasteiger partial charge on any atom is -0.392 e. The zero-order valence-electron chi connectivity index (χ0n) is 11.8. The molecule has 1 heterocycles. The van der Waals surface area contributed by atoms with E-state index in [1.54, 1.807) is 0 Å². The Morgan fingerprint density at radius 3 is 2.76 bits per heavy atom. The summed E-state index contributed by atoms with van der Waals surface area (Å²) in [7, 11) is 0. The summed E-state index contributed by atoms with van der Waals surface area (Å²) in [6.07, 6.45) is 4.51. The molecule has 2 unspecified atom stereocenters. The van der Waals surface area contributed by atoms with Gasteiger partial charge in [-0.1, -0.05) is 27.2 Å². The SMILES string of the molecule is CCCC(C)(CNCC)CN1CCCC(O)C1. The van der Waals surface area contributed by atoms with E-state index in [1.165, 1.54) is 12.8 Å². The van der Waals surface area contributed by atoms with Crippen LogP contribution in [-0.4, -0.2) is 48.8 Å². The van der Waals surface area contributed by atoms with Crippen molar-refractivity contribution in [2.75, 3.05) is 32.7 Å². The van der Waals surface area contributed by atoms with Crippen LogP contribution in [0.3, 0.4) is 0 Å². The lowest BCUT2D eigenvalue weighted by Crippen LogP contribution is -2.47. The van der Waals surface area contributed by atoms with Crippen molar-refractivity contribution in [3.63, 3.8) is 0 Å². The quantitative estimate of drug-likeness (QED) is 0.715. The molecular weight excluding hydrogens is 212 g/mol. The molecule has 2 atom stereocenters. The van der Waals surface area contributed by atoms with Gasteiger partial charge in [0.15, 0.2) is 0 Å². The fraction of sp³-hybridized carbons (Fsp3) is 1.00. The molecule has 0 amide bonds. The molecular formula is C14H30N2O. The second-order valence-corrected chi connectivity index (χ2v) is 5.87. The summed E-state index contributed by atoms with van der Waals surface area (Å²) in [5, 5.41) is 13.2. The van der Waals surface area contributed by atoms with Crippen molar-refractivity contribution in [3.8, 4) is 0 Å². The molecule has 17 heavy (non-hydrogen) atoms.